The highest BCUT2D eigenvalue weighted by molar-refractivity contribution is 5.79. The molecule has 0 aliphatic carbocycles. The van der Waals surface area contributed by atoms with Gasteiger partial charge in [0.1, 0.15) is 0 Å². The molecule has 2 rings (SSSR count). The second-order valence-corrected chi connectivity index (χ2v) is 4.05. The molecule has 1 aliphatic rings. The molecule has 1 fully saturated rings. The Kier molecular flexibility index (Phi) is 4.09. The molecule has 1 aromatic rings. The van der Waals surface area contributed by atoms with Gasteiger partial charge in [0.05, 0.1) is 18.3 Å². The Morgan fingerprint density at radius 3 is 3.12 bits per heavy atom. The molecule has 0 saturated carbocycles. The Morgan fingerprint density at radius 1 is 1.53 bits per heavy atom. The normalized spacial score (nSPS) is 19.2. The molecular weight excluding hydrogens is 223 g/mol. The molecule has 1 atom stereocenters. The van der Waals surface area contributed by atoms with Gasteiger partial charge < -0.3 is 9.47 Å². The monoisotopic (exact) mass is 238 g/mol. The molecule has 0 radical (unpaired) electrons. The van der Waals surface area contributed by atoms with Crippen molar-refractivity contribution in [2.75, 3.05) is 13.2 Å². The smallest absolute Gasteiger partial charge is 0.165 e. The third kappa shape index (κ3) is 3.03. The number of ether oxygens (including phenoxy) is 2. The fourth-order valence-corrected chi connectivity index (χ4v) is 1.94. The molecule has 1 saturated heterocycles. The van der Waals surface area contributed by atoms with E-state index in [2.05, 4.69) is 0 Å². The molecule has 1 unspecified atom stereocenters. The predicted octanol–water partition coefficient (Wildman–Crippen LogP) is 2.59. The third-order valence-electron chi connectivity index (χ3n) is 2.83. The SMILES string of the molecule is O=Cc1cccc(F)c1OCCC1CCCO1. The second-order valence-electron chi connectivity index (χ2n) is 4.05. The Bertz CT molecular complexity index is 386. The minimum absolute atomic E-state index is 0.0421. The molecule has 4 heteroatoms. The van der Waals surface area contributed by atoms with E-state index in [1.807, 2.05) is 0 Å². The van der Waals surface area contributed by atoms with Gasteiger partial charge in [-0.05, 0) is 25.0 Å². The van der Waals surface area contributed by atoms with E-state index in [0.29, 0.717) is 12.9 Å². The summed E-state index contributed by atoms with van der Waals surface area (Å²) in [7, 11) is 0. The van der Waals surface area contributed by atoms with Crippen LogP contribution in [-0.2, 0) is 4.74 Å². The average Bonchev–Trinajstić information content (AvgIpc) is 2.84. The number of hydrogen-bond donors (Lipinski definition) is 0. The van der Waals surface area contributed by atoms with Crippen molar-refractivity contribution in [1.29, 1.82) is 0 Å². The van der Waals surface area contributed by atoms with Crippen molar-refractivity contribution in [3.8, 4) is 5.75 Å². The van der Waals surface area contributed by atoms with Gasteiger partial charge in [-0.15, -0.1) is 0 Å². The molecule has 17 heavy (non-hydrogen) atoms. The van der Waals surface area contributed by atoms with Crippen LogP contribution in [0.2, 0.25) is 0 Å². The van der Waals surface area contributed by atoms with Gasteiger partial charge in [0, 0.05) is 13.0 Å². The molecule has 0 bridgehead atoms. The maximum Gasteiger partial charge on any atom is 0.165 e. The van der Waals surface area contributed by atoms with Crippen molar-refractivity contribution < 1.29 is 18.7 Å². The predicted molar refractivity (Wildman–Crippen MR) is 60.9 cm³/mol. The molecule has 3 nitrogen and oxygen atoms in total. The largest absolute Gasteiger partial charge is 0.490 e. The molecule has 1 aliphatic heterocycles. The molecule has 0 aromatic heterocycles. The van der Waals surface area contributed by atoms with E-state index in [0.717, 1.165) is 25.9 Å². The zero-order valence-electron chi connectivity index (χ0n) is 9.52. The van der Waals surface area contributed by atoms with Crippen molar-refractivity contribution in [3.05, 3.63) is 29.6 Å². The van der Waals surface area contributed by atoms with Gasteiger partial charge >= 0.3 is 0 Å². The lowest BCUT2D eigenvalue weighted by Crippen LogP contribution is -2.11. The number of carbonyl (C=O) groups is 1. The summed E-state index contributed by atoms with van der Waals surface area (Å²) in [6.45, 7) is 1.16. The van der Waals surface area contributed by atoms with Crippen molar-refractivity contribution in [3.63, 3.8) is 0 Å². The Morgan fingerprint density at radius 2 is 2.41 bits per heavy atom. The van der Waals surface area contributed by atoms with E-state index in [4.69, 9.17) is 9.47 Å². The standard InChI is InChI=1S/C13H15FO3/c14-12-5-1-3-10(9-15)13(12)17-8-6-11-4-2-7-16-11/h1,3,5,9,11H,2,4,6-8H2. The van der Waals surface area contributed by atoms with Gasteiger partial charge in [-0.3, -0.25) is 4.79 Å². The van der Waals surface area contributed by atoms with E-state index in [-0.39, 0.29) is 17.4 Å². The number of benzene rings is 1. The molecular formula is C13H15FO3. The fourth-order valence-electron chi connectivity index (χ4n) is 1.94. The first-order valence-corrected chi connectivity index (χ1v) is 5.79. The summed E-state index contributed by atoms with van der Waals surface area (Å²) in [4.78, 5) is 10.7. The van der Waals surface area contributed by atoms with E-state index < -0.39 is 5.82 Å². The van der Waals surface area contributed by atoms with Gasteiger partial charge in [-0.1, -0.05) is 6.07 Å². The fraction of sp³-hybridized carbons (Fsp3) is 0.462. The first-order chi connectivity index (χ1) is 8.31. The van der Waals surface area contributed by atoms with Crippen LogP contribution in [-0.4, -0.2) is 25.6 Å². The van der Waals surface area contributed by atoms with Crippen LogP contribution in [0.4, 0.5) is 4.39 Å². The van der Waals surface area contributed by atoms with Crippen LogP contribution >= 0.6 is 0 Å². The van der Waals surface area contributed by atoms with E-state index in [9.17, 15) is 9.18 Å². The summed E-state index contributed by atoms with van der Waals surface area (Å²) < 4.78 is 24.2. The molecule has 0 N–H and O–H groups in total. The highest BCUT2D eigenvalue weighted by atomic mass is 19.1. The summed E-state index contributed by atoms with van der Waals surface area (Å²) in [5.41, 5.74) is 0.248. The minimum atomic E-state index is -0.498. The summed E-state index contributed by atoms with van der Waals surface area (Å²) in [5.74, 6) is -0.456. The van der Waals surface area contributed by atoms with Crippen LogP contribution < -0.4 is 4.74 Å². The lowest BCUT2D eigenvalue weighted by atomic mass is 10.2. The first kappa shape index (κ1) is 12.0. The Hall–Kier alpha value is -1.42. The van der Waals surface area contributed by atoms with Crippen LogP contribution in [0.1, 0.15) is 29.6 Å². The second kappa shape index (κ2) is 5.77. The van der Waals surface area contributed by atoms with Crippen LogP contribution in [0.15, 0.2) is 18.2 Å². The Balaban J connectivity index is 1.91. The highest BCUT2D eigenvalue weighted by Gasteiger charge is 2.16. The Labute approximate surface area is 99.5 Å². The van der Waals surface area contributed by atoms with Crippen LogP contribution in [0, 0.1) is 5.82 Å². The molecule has 1 heterocycles. The van der Waals surface area contributed by atoms with Crippen molar-refractivity contribution in [2.45, 2.75) is 25.4 Å². The zero-order chi connectivity index (χ0) is 12.1. The lowest BCUT2D eigenvalue weighted by molar-refractivity contribution is 0.0894. The summed E-state index contributed by atoms with van der Waals surface area (Å²) in [6, 6.07) is 4.32. The maximum atomic E-state index is 13.4. The number of aldehydes is 1. The van der Waals surface area contributed by atoms with E-state index >= 15 is 0 Å². The quantitative estimate of drug-likeness (QED) is 0.740. The molecule has 92 valence electrons. The number of para-hydroxylation sites is 1. The van der Waals surface area contributed by atoms with Gasteiger partial charge in [0.2, 0.25) is 0 Å². The maximum absolute atomic E-state index is 13.4. The van der Waals surface area contributed by atoms with E-state index in [1.165, 1.54) is 18.2 Å². The summed E-state index contributed by atoms with van der Waals surface area (Å²) in [6.07, 6.45) is 3.64. The molecule has 0 spiro atoms. The third-order valence-corrected chi connectivity index (χ3v) is 2.83. The van der Waals surface area contributed by atoms with Gasteiger partial charge in [0.15, 0.2) is 17.9 Å². The topological polar surface area (TPSA) is 35.5 Å². The summed E-state index contributed by atoms with van der Waals surface area (Å²) in [5, 5.41) is 0. The number of halogens is 1. The van der Waals surface area contributed by atoms with Crippen LogP contribution in [0.3, 0.4) is 0 Å². The number of rotatable bonds is 5. The first-order valence-electron chi connectivity index (χ1n) is 5.79. The molecule has 0 amide bonds. The highest BCUT2D eigenvalue weighted by Crippen LogP contribution is 2.22. The number of carbonyl (C=O) groups excluding carboxylic acids is 1. The van der Waals surface area contributed by atoms with Crippen molar-refractivity contribution in [1.82, 2.24) is 0 Å². The van der Waals surface area contributed by atoms with Crippen LogP contribution in [0.5, 0.6) is 5.75 Å². The average molecular weight is 238 g/mol. The van der Waals surface area contributed by atoms with Gasteiger partial charge in [-0.25, -0.2) is 4.39 Å². The lowest BCUT2D eigenvalue weighted by Gasteiger charge is -2.12. The minimum Gasteiger partial charge on any atom is -0.490 e. The van der Waals surface area contributed by atoms with Crippen molar-refractivity contribution in [2.24, 2.45) is 0 Å². The summed E-state index contributed by atoms with van der Waals surface area (Å²) >= 11 is 0. The van der Waals surface area contributed by atoms with Crippen molar-refractivity contribution >= 4 is 6.29 Å². The van der Waals surface area contributed by atoms with Gasteiger partial charge in [-0.2, -0.15) is 0 Å². The van der Waals surface area contributed by atoms with E-state index in [1.54, 1.807) is 0 Å². The molecule has 1 aromatic carbocycles. The number of hydrogen-bond acceptors (Lipinski definition) is 3. The van der Waals surface area contributed by atoms with Gasteiger partial charge in [0.25, 0.3) is 0 Å². The zero-order valence-corrected chi connectivity index (χ0v) is 9.52. The van der Waals surface area contributed by atoms with Crippen LogP contribution in [0.25, 0.3) is 0 Å².